The van der Waals surface area contributed by atoms with Gasteiger partial charge in [0.1, 0.15) is 22.8 Å². The van der Waals surface area contributed by atoms with Crippen LogP contribution >= 0.6 is 0 Å². The highest BCUT2D eigenvalue weighted by atomic mass is 16.6. The second-order valence-electron chi connectivity index (χ2n) is 10.3. The molecule has 2 atom stereocenters. The highest BCUT2D eigenvalue weighted by Crippen LogP contribution is 2.25. The van der Waals surface area contributed by atoms with Gasteiger partial charge < -0.3 is 24.1 Å². The number of fused-ring (bicyclic) bond motifs is 1. The monoisotopic (exact) mass is 509 g/mol. The summed E-state index contributed by atoms with van der Waals surface area (Å²) < 4.78 is 13.1. The van der Waals surface area contributed by atoms with Gasteiger partial charge in [-0.15, -0.1) is 0 Å². The molecule has 3 aromatic rings. The normalized spacial score (nSPS) is 18.1. The zero-order valence-corrected chi connectivity index (χ0v) is 22.5. The molecule has 0 bridgehead atoms. The maximum absolute atomic E-state index is 13.1. The van der Waals surface area contributed by atoms with E-state index in [1.165, 1.54) is 6.20 Å². The average Bonchev–Trinajstić information content (AvgIpc) is 3.16. The fourth-order valence-electron chi connectivity index (χ4n) is 4.51. The van der Waals surface area contributed by atoms with Gasteiger partial charge in [-0.2, -0.15) is 0 Å². The smallest absolute Gasteiger partial charge is 0.410 e. The number of nitrogens with one attached hydrogen (secondary N) is 1. The number of piperazine rings is 1. The summed E-state index contributed by atoms with van der Waals surface area (Å²) in [5.74, 6) is 1.10. The maximum Gasteiger partial charge on any atom is 0.410 e. The largest absolute Gasteiger partial charge is 0.493 e. The van der Waals surface area contributed by atoms with Crippen molar-refractivity contribution in [2.45, 2.75) is 66.2 Å². The van der Waals surface area contributed by atoms with E-state index in [0.29, 0.717) is 48.3 Å². The molecule has 2 amide bonds. The maximum atomic E-state index is 13.1. The fourth-order valence-corrected chi connectivity index (χ4v) is 4.51. The minimum Gasteiger partial charge on any atom is -0.493 e. The summed E-state index contributed by atoms with van der Waals surface area (Å²) >= 11 is 0. The van der Waals surface area contributed by atoms with E-state index in [-0.39, 0.29) is 24.1 Å². The van der Waals surface area contributed by atoms with Crippen LogP contribution in [0.4, 0.5) is 16.4 Å². The lowest BCUT2D eigenvalue weighted by atomic mass is 10.1. The highest BCUT2D eigenvalue weighted by Gasteiger charge is 2.36. The highest BCUT2D eigenvalue weighted by molar-refractivity contribution is 6.05. The zero-order valence-electron chi connectivity index (χ0n) is 22.5. The number of aromatic nitrogens is 4. The number of pyridine rings is 1. The molecule has 4 heterocycles. The summed E-state index contributed by atoms with van der Waals surface area (Å²) in [7, 11) is 0. The summed E-state index contributed by atoms with van der Waals surface area (Å²) in [5.41, 5.74) is 1.37. The molecule has 0 saturated carbocycles. The van der Waals surface area contributed by atoms with E-state index in [1.807, 2.05) is 54.7 Å². The lowest BCUT2D eigenvalue weighted by molar-refractivity contribution is 0.00559. The lowest BCUT2D eigenvalue weighted by Gasteiger charge is -2.44. The molecule has 0 spiro atoms. The van der Waals surface area contributed by atoms with Crippen LogP contribution in [0.2, 0.25) is 0 Å². The van der Waals surface area contributed by atoms with Crippen LogP contribution < -0.4 is 15.0 Å². The van der Waals surface area contributed by atoms with Gasteiger partial charge in [-0.1, -0.05) is 0 Å². The first-order chi connectivity index (χ1) is 17.4. The SMILES string of the molecule is CCOc1cc2nc(C)cn2cc1C(=O)Nc1cnc(N2C[C@@H](C)N(C(=O)OC(C)(C)C)[C@@H](C)C2)cn1. The predicted octanol–water partition coefficient (Wildman–Crippen LogP) is 3.92. The average molecular weight is 510 g/mol. The van der Waals surface area contributed by atoms with Gasteiger partial charge in [-0.05, 0) is 48.5 Å². The summed E-state index contributed by atoms with van der Waals surface area (Å²) in [6, 6.07) is 1.61. The zero-order chi connectivity index (χ0) is 26.9. The van der Waals surface area contributed by atoms with E-state index in [0.717, 1.165) is 5.69 Å². The molecular weight excluding hydrogens is 474 g/mol. The molecule has 0 unspecified atom stereocenters. The number of aryl methyl sites for hydroxylation is 1. The molecule has 198 valence electrons. The van der Waals surface area contributed by atoms with Gasteiger partial charge in [-0.3, -0.25) is 9.69 Å². The summed E-state index contributed by atoms with van der Waals surface area (Å²) in [4.78, 5) is 43.0. The van der Waals surface area contributed by atoms with Crippen LogP contribution in [0.15, 0.2) is 30.9 Å². The number of hydrogen-bond acceptors (Lipinski definition) is 8. The number of amides is 2. The Morgan fingerprint density at radius 1 is 1.11 bits per heavy atom. The minimum atomic E-state index is -0.549. The van der Waals surface area contributed by atoms with Crippen molar-refractivity contribution in [1.82, 2.24) is 24.3 Å². The number of anilines is 2. The third kappa shape index (κ3) is 5.92. The lowest BCUT2D eigenvalue weighted by Crippen LogP contribution is -2.59. The van der Waals surface area contributed by atoms with Crippen LogP contribution in [0.3, 0.4) is 0 Å². The Balaban J connectivity index is 1.45. The Morgan fingerprint density at radius 3 is 2.41 bits per heavy atom. The molecule has 1 N–H and O–H groups in total. The van der Waals surface area contributed by atoms with E-state index in [9.17, 15) is 9.59 Å². The molecule has 0 aliphatic carbocycles. The van der Waals surface area contributed by atoms with Crippen molar-refractivity contribution in [3.8, 4) is 5.75 Å². The Morgan fingerprint density at radius 2 is 1.81 bits per heavy atom. The van der Waals surface area contributed by atoms with Crippen molar-refractivity contribution in [1.29, 1.82) is 0 Å². The number of imidazole rings is 1. The van der Waals surface area contributed by atoms with E-state index in [1.54, 1.807) is 27.8 Å². The van der Waals surface area contributed by atoms with Crippen molar-refractivity contribution < 1.29 is 19.1 Å². The first-order valence-electron chi connectivity index (χ1n) is 12.5. The van der Waals surface area contributed by atoms with Crippen LogP contribution in [-0.2, 0) is 4.74 Å². The molecule has 1 aliphatic heterocycles. The molecule has 11 heteroatoms. The van der Waals surface area contributed by atoms with Gasteiger partial charge >= 0.3 is 6.09 Å². The van der Waals surface area contributed by atoms with Crippen LogP contribution in [-0.4, -0.2) is 73.6 Å². The Labute approximate surface area is 216 Å². The van der Waals surface area contributed by atoms with Crippen molar-refractivity contribution in [2.24, 2.45) is 0 Å². The van der Waals surface area contributed by atoms with Crippen LogP contribution in [0, 0.1) is 6.92 Å². The molecule has 0 aromatic carbocycles. The first kappa shape index (κ1) is 26.2. The Kier molecular flexibility index (Phi) is 7.24. The van der Waals surface area contributed by atoms with Crippen molar-refractivity contribution in [3.05, 3.63) is 42.1 Å². The Hall–Kier alpha value is -3.89. The van der Waals surface area contributed by atoms with E-state index in [2.05, 4.69) is 25.2 Å². The quantitative estimate of drug-likeness (QED) is 0.551. The summed E-state index contributed by atoms with van der Waals surface area (Å²) in [5, 5.41) is 2.81. The third-order valence-electron chi connectivity index (χ3n) is 5.95. The molecule has 1 aliphatic rings. The molecule has 0 radical (unpaired) electrons. The molecule has 11 nitrogen and oxygen atoms in total. The Bertz CT molecular complexity index is 1270. The molecule has 37 heavy (non-hydrogen) atoms. The van der Waals surface area contributed by atoms with Crippen LogP contribution in [0.25, 0.3) is 5.65 Å². The molecule has 3 aromatic heterocycles. The van der Waals surface area contributed by atoms with Crippen molar-refractivity contribution in [3.63, 3.8) is 0 Å². The molecule has 1 saturated heterocycles. The number of carbonyl (C=O) groups excluding carboxylic acids is 2. The van der Waals surface area contributed by atoms with Crippen molar-refractivity contribution in [2.75, 3.05) is 29.9 Å². The fraction of sp³-hybridized carbons (Fsp3) is 0.500. The third-order valence-corrected chi connectivity index (χ3v) is 5.95. The second kappa shape index (κ2) is 10.2. The predicted molar refractivity (Wildman–Crippen MR) is 140 cm³/mol. The van der Waals surface area contributed by atoms with Crippen molar-refractivity contribution >= 4 is 29.3 Å². The van der Waals surface area contributed by atoms with Gasteiger partial charge in [-0.25, -0.2) is 19.7 Å². The standard InChI is InChI=1S/C26H35N7O4/c1-8-36-20-9-22-29-16(2)12-31(22)15-19(20)24(34)30-21-10-28-23(11-27-21)32-13-17(3)33(18(4)14-32)25(35)37-26(5,6)7/h9-12,15,17-18H,8,13-14H2,1-7H3,(H,27,30,34)/t17-,18+. The van der Waals surface area contributed by atoms with E-state index < -0.39 is 5.60 Å². The number of hydrogen-bond donors (Lipinski definition) is 1. The summed E-state index contributed by atoms with van der Waals surface area (Å²) in [6.45, 7) is 14.9. The van der Waals surface area contributed by atoms with Gasteiger partial charge in [0.2, 0.25) is 0 Å². The van der Waals surface area contributed by atoms with Gasteiger partial charge in [0.25, 0.3) is 5.91 Å². The molecular formula is C26H35N7O4. The second-order valence-corrected chi connectivity index (χ2v) is 10.3. The summed E-state index contributed by atoms with van der Waals surface area (Å²) in [6.07, 6.45) is 6.39. The molecule has 1 fully saturated rings. The number of rotatable bonds is 5. The number of nitrogens with zero attached hydrogens (tertiary/aromatic N) is 6. The first-order valence-corrected chi connectivity index (χ1v) is 12.5. The van der Waals surface area contributed by atoms with Crippen LogP contribution in [0.1, 0.15) is 57.6 Å². The van der Waals surface area contributed by atoms with Crippen LogP contribution in [0.5, 0.6) is 5.75 Å². The van der Waals surface area contributed by atoms with Gasteiger partial charge in [0, 0.05) is 31.5 Å². The number of carbonyl (C=O) groups is 2. The van der Waals surface area contributed by atoms with Gasteiger partial charge in [0.15, 0.2) is 5.82 Å². The minimum absolute atomic E-state index is 0.0708. The topological polar surface area (TPSA) is 114 Å². The number of ether oxygens (including phenoxy) is 2. The molecule has 4 rings (SSSR count). The van der Waals surface area contributed by atoms with Gasteiger partial charge in [0.05, 0.1) is 42.3 Å². The van der Waals surface area contributed by atoms with E-state index >= 15 is 0 Å². The van der Waals surface area contributed by atoms with E-state index in [4.69, 9.17) is 9.47 Å².